The zero-order chi connectivity index (χ0) is 14.3. The molecule has 7 nitrogen and oxygen atoms in total. The smallest absolute Gasteiger partial charge is 0.307 e. The van der Waals surface area contributed by atoms with E-state index in [0.717, 1.165) is 19.3 Å². The molecule has 4 atom stereocenters. The molecule has 20 heavy (non-hydrogen) atoms. The highest BCUT2D eigenvalue weighted by Crippen LogP contribution is 2.35. The number of nitrogens with zero attached hydrogens (tertiary/aromatic N) is 1. The summed E-state index contributed by atoms with van der Waals surface area (Å²) >= 11 is 0. The van der Waals surface area contributed by atoms with Gasteiger partial charge in [0.05, 0.1) is 24.2 Å². The van der Waals surface area contributed by atoms with Crippen molar-refractivity contribution >= 4 is 16.2 Å². The molecule has 3 aliphatic rings. The van der Waals surface area contributed by atoms with Crippen LogP contribution < -0.4 is 4.72 Å². The Bertz CT molecular complexity index is 494. The summed E-state index contributed by atoms with van der Waals surface area (Å²) in [4.78, 5) is 11.0. The van der Waals surface area contributed by atoms with Crippen molar-refractivity contribution in [1.82, 2.24) is 9.03 Å². The minimum absolute atomic E-state index is 0.0187. The van der Waals surface area contributed by atoms with Crippen molar-refractivity contribution in [2.75, 3.05) is 13.1 Å². The van der Waals surface area contributed by atoms with E-state index >= 15 is 0 Å². The Balaban J connectivity index is 1.64. The molecule has 3 aliphatic heterocycles. The highest BCUT2D eigenvalue weighted by Gasteiger charge is 2.43. The molecule has 0 amide bonds. The zero-order valence-corrected chi connectivity index (χ0v) is 12.0. The van der Waals surface area contributed by atoms with Gasteiger partial charge in [0.2, 0.25) is 0 Å². The number of carbonyl (C=O) groups is 1. The molecule has 0 saturated carbocycles. The second-order valence-corrected chi connectivity index (χ2v) is 7.58. The summed E-state index contributed by atoms with van der Waals surface area (Å²) in [5.41, 5.74) is 0. The van der Waals surface area contributed by atoms with Crippen molar-refractivity contribution in [1.29, 1.82) is 0 Å². The summed E-state index contributed by atoms with van der Waals surface area (Å²) in [7, 11) is -3.62. The number of carboxylic acids is 1. The lowest BCUT2D eigenvalue weighted by Crippen LogP contribution is -2.52. The zero-order valence-electron chi connectivity index (χ0n) is 11.2. The van der Waals surface area contributed by atoms with Crippen LogP contribution in [0.25, 0.3) is 0 Å². The summed E-state index contributed by atoms with van der Waals surface area (Å²) < 4.78 is 34.3. The van der Waals surface area contributed by atoms with Crippen molar-refractivity contribution in [3.63, 3.8) is 0 Å². The van der Waals surface area contributed by atoms with Crippen LogP contribution in [-0.2, 0) is 19.7 Å². The summed E-state index contributed by atoms with van der Waals surface area (Å²) in [6.07, 6.45) is 3.92. The van der Waals surface area contributed by atoms with Crippen LogP contribution in [0.4, 0.5) is 0 Å². The summed E-state index contributed by atoms with van der Waals surface area (Å²) in [5.74, 6) is -1.52. The molecule has 3 saturated heterocycles. The third-order valence-electron chi connectivity index (χ3n) is 4.48. The fraction of sp³-hybridized carbons (Fsp3) is 0.917. The van der Waals surface area contributed by atoms with Gasteiger partial charge in [0.15, 0.2) is 0 Å². The van der Waals surface area contributed by atoms with Crippen LogP contribution in [0.1, 0.15) is 32.1 Å². The van der Waals surface area contributed by atoms with Crippen LogP contribution in [-0.4, -0.2) is 55.1 Å². The number of aliphatic carboxylic acids is 1. The standard InChI is InChI=1S/C12H20N2O5S/c15-12(16)8-2-1-5-14(7-8)20(17,18)13-10-6-9-3-4-11(10)19-9/h8-11,13H,1-7H2,(H,15,16). The number of rotatable bonds is 4. The molecule has 2 bridgehead atoms. The number of hydrogen-bond donors (Lipinski definition) is 2. The summed E-state index contributed by atoms with van der Waals surface area (Å²) in [6, 6.07) is -0.163. The normalized spacial score (nSPS) is 38.2. The topological polar surface area (TPSA) is 95.9 Å². The monoisotopic (exact) mass is 304 g/mol. The van der Waals surface area contributed by atoms with Gasteiger partial charge in [0, 0.05) is 13.1 Å². The van der Waals surface area contributed by atoms with E-state index in [2.05, 4.69) is 4.72 Å². The summed E-state index contributed by atoms with van der Waals surface area (Å²) in [5, 5.41) is 9.03. The highest BCUT2D eigenvalue weighted by atomic mass is 32.2. The lowest BCUT2D eigenvalue weighted by atomic mass is 9.96. The van der Waals surface area contributed by atoms with Gasteiger partial charge in [0.1, 0.15) is 0 Å². The third-order valence-corrected chi connectivity index (χ3v) is 6.09. The first-order chi connectivity index (χ1) is 9.45. The van der Waals surface area contributed by atoms with Crippen molar-refractivity contribution < 1.29 is 23.1 Å². The van der Waals surface area contributed by atoms with Gasteiger partial charge in [-0.2, -0.15) is 17.4 Å². The van der Waals surface area contributed by atoms with Gasteiger partial charge in [-0.15, -0.1) is 0 Å². The molecule has 0 aromatic carbocycles. The average Bonchev–Trinajstić information content (AvgIpc) is 3.00. The first-order valence-corrected chi connectivity index (χ1v) is 8.55. The van der Waals surface area contributed by atoms with Gasteiger partial charge in [0.25, 0.3) is 10.2 Å². The number of carboxylic acid groups (broad SMARTS) is 1. The number of hydrogen-bond acceptors (Lipinski definition) is 4. The first-order valence-electron chi connectivity index (χ1n) is 7.11. The van der Waals surface area contributed by atoms with Crippen LogP contribution in [0, 0.1) is 5.92 Å². The molecule has 3 heterocycles. The molecular weight excluding hydrogens is 284 g/mol. The van der Waals surface area contributed by atoms with E-state index in [4.69, 9.17) is 9.84 Å². The maximum atomic E-state index is 12.4. The third kappa shape index (κ3) is 2.69. The van der Waals surface area contributed by atoms with Crippen LogP contribution in [0.5, 0.6) is 0 Å². The molecule has 2 N–H and O–H groups in total. The minimum atomic E-state index is -3.62. The average molecular weight is 304 g/mol. The number of nitrogens with one attached hydrogen (secondary N) is 1. The van der Waals surface area contributed by atoms with Crippen LogP contribution in [0.2, 0.25) is 0 Å². The quantitative estimate of drug-likeness (QED) is 0.758. The minimum Gasteiger partial charge on any atom is -0.481 e. The number of fused-ring (bicyclic) bond motifs is 2. The molecule has 0 spiro atoms. The van der Waals surface area contributed by atoms with Gasteiger partial charge in [-0.25, -0.2) is 0 Å². The van der Waals surface area contributed by atoms with Crippen molar-refractivity contribution in [3.05, 3.63) is 0 Å². The molecule has 0 aromatic rings. The predicted molar refractivity (Wildman–Crippen MR) is 70.3 cm³/mol. The molecule has 3 rings (SSSR count). The maximum Gasteiger partial charge on any atom is 0.307 e. The Morgan fingerprint density at radius 3 is 2.70 bits per heavy atom. The molecule has 0 aromatic heterocycles. The number of piperidine rings is 1. The Morgan fingerprint density at radius 2 is 2.10 bits per heavy atom. The van der Waals surface area contributed by atoms with Gasteiger partial charge < -0.3 is 9.84 Å². The number of ether oxygens (including phenoxy) is 1. The molecule has 8 heteroatoms. The second-order valence-electron chi connectivity index (χ2n) is 5.87. The van der Waals surface area contributed by atoms with E-state index in [1.54, 1.807) is 0 Å². The molecule has 114 valence electrons. The molecule has 0 radical (unpaired) electrons. The van der Waals surface area contributed by atoms with Crippen LogP contribution in [0.15, 0.2) is 0 Å². The SMILES string of the molecule is O=C(O)C1CCCN(S(=O)(=O)NC2CC3CCC2O3)C1. The van der Waals surface area contributed by atoms with Gasteiger partial charge in [-0.05, 0) is 32.1 Å². The molecule has 4 unspecified atom stereocenters. The van der Waals surface area contributed by atoms with Crippen LogP contribution in [0.3, 0.4) is 0 Å². The molecule has 0 aliphatic carbocycles. The van der Waals surface area contributed by atoms with E-state index < -0.39 is 22.1 Å². The van der Waals surface area contributed by atoms with E-state index in [-0.39, 0.29) is 24.8 Å². The second kappa shape index (κ2) is 5.25. The van der Waals surface area contributed by atoms with Gasteiger partial charge >= 0.3 is 5.97 Å². The van der Waals surface area contributed by atoms with Crippen molar-refractivity contribution in [2.24, 2.45) is 5.92 Å². The van der Waals surface area contributed by atoms with Crippen molar-refractivity contribution in [3.8, 4) is 0 Å². The Kier molecular flexibility index (Phi) is 3.74. The highest BCUT2D eigenvalue weighted by molar-refractivity contribution is 7.87. The van der Waals surface area contributed by atoms with Gasteiger partial charge in [-0.3, -0.25) is 4.79 Å². The van der Waals surface area contributed by atoms with E-state index in [9.17, 15) is 13.2 Å². The summed E-state index contributed by atoms with van der Waals surface area (Å²) in [6.45, 7) is 0.452. The Morgan fingerprint density at radius 1 is 1.30 bits per heavy atom. The predicted octanol–water partition coefficient (Wildman–Crippen LogP) is -0.0627. The van der Waals surface area contributed by atoms with Crippen molar-refractivity contribution in [2.45, 2.75) is 50.4 Å². The molecule has 3 fully saturated rings. The lowest BCUT2D eigenvalue weighted by molar-refractivity contribution is -0.142. The first kappa shape index (κ1) is 14.2. The molecular formula is C12H20N2O5S. The lowest BCUT2D eigenvalue weighted by Gasteiger charge is -2.31. The van der Waals surface area contributed by atoms with E-state index in [1.165, 1.54) is 4.31 Å². The van der Waals surface area contributed by atoms with Crippen LogP contribution >= 0.6 is 0 Å². The fourth-order valence-electron chi connectivity index (χ4n) is 3.39. The maximum absolute atomic E-state index is 12.4. The Hall–Kier alpha value is -0.700. The largest absolute Gasteiger partial charge is 0.481 e. The fourth-order valence-corrected chi connectivity index (χ4v) is 4.92. The van der Waals surface area contributed by atoms with E-state index in [1.807, 2.05) is 0 Å². The van der Waals surface area contributed by atoms with Gasteiger partial charge in [-0.1, -0.05) is 0 Å². The van der Waals surface area contributed by atoms with E-state index in [0.29, 0.717) is 19.4 Å². The Labute approximate surface area is 118 Å².